The van der Waals surface area contributed by atoms with Crippen molar-refractivity contribution in [1.29, 1.82) is 0 Å². The predicted molar refractivity (Wildman–Crippen MR) is 93.1 cm³/mol. The molecule has 8 heteroatoms. The molecule has 1 amide bonds. The lowest BCUT2D eigenvalue weighted by atomic mass is 10.1. The van der Waals surface area contributed by atoms with Crippen molar-refractivity contribution >= 4 is 29.7 Å². The van der Waals surface area contributed by atoms with Crippen LogP contribution in [0.2, 0.25) is 0 Å². The van der Waals surface area contributed by atoms with Gasteiger partial charge in [0.25, 0.3) is 5.91 Å². The van der Waals surface area contributed by atoms with E-state index in [2.05, 4.69) is 20.3 Å². The maximum atomic E-state index is 12.8. The van der Waals surface area contributed by atoms with E-state index >= 15 is 0 Å². The highest BCUT2D eigenvalue weighted by Crippen LogP contribution is 2.27. The van der Waals surface area contributed by atoms with Crippen molar-refractivity contribution in [3.05, 3.63) is 29.0 Å². The minimum Gasteiger partial charge on any atom is -0.336 e. The van der Waals surface area contributed by atoms with E-state index in [-0.39, 0.29) is 18.3 Å². The zero-order valence-corrected chi connectivity index (χ0v) is 14.8. The van der Waals surface area contributed by atoms with Crippen LogP contribution < -0.4 is 5.32 Å². The van der Waals surface area contributed by atoms with Gasteiger partial charge in [0.2, 0.25) is 0 Å². The number of aryl methyl sites for hydroxylation is 1. The molecule has 0 saturated carbocycles. The quantitative estimate of drug-likeness (QED) is 0.915. The Morgan fingerprint density at radius 1 is 1.39 bits per heavy atom. The highest BCUT2D eigenvalue weighted by molar-refractivity contribution is 7.17. The topological polar surface area (TPSA) is 71.0 Å². The van der Waals surface area contributed by atoms with Gasteiger partial charge >= 0.3 is 0 Å². The number of hydrogen-bond acceptors (Lipinski definition) is 6. The number of likely N-dealkylation sites (tertiary alicyclic amines) is 1. The molecule has 0 aromatic carbocycles. The summed E-state index contributed by atoms with van der Waals surface area (Å²) in [5, 5.41) is 3.96. The Kier molecular flexibility index (Phi) is 6.04. The molecule has 1 N–H and O–H groups in total. The minimum absolute atomic E-state index is 0. The number of carbonyl (C=O) groups excluding carboxylic acids is 1. The molecular weight excluding hydrogens is 334 g/mol. The van der Waals surface area contributed by atoms with Crippen LogP contribution in [0.1, 0.15) is 28.2 Å². The SMILES string of the molecule is CNC1CCCN(C(=O)c2sc(-c3ncccn3)nc2C)C1.Cl. The van der Waals surface area contributed by atoms with Crippen LogP contribution in [-0.4, -0.2) is 51.9 Å². The predicted octanol–water partition coefficient (Wildman–Crippen LogP) is 2.15. The highest BCUT2D eigenvalue weighted by Gasteiger charge is 2.26. The Morgan fingerprint density at radius 3 is 2.83 bits per heavy atom. The fourth-order valence-corrected chi connectivity index (χ4v) is 3.62. The van der Waals surface area contributed by atoms with Crippen LogP contribution in [0.4, 0.5) is 0 Å². The summed E-state index contributed by atoms with van der Waals surface area (Å²) in [7, 11) is 1.95. The second-order valence-electron chi connectivity index (χ2n) is 5.38. The van der Waals surface area contributed by atoms with E-state index in [1.54, 1.807) is 18.5 Å². The molecule has 3 heterocycles. The first-order valence-electron chi connectivity index (χ1n) is 7.40. The van der Waals surface area contributed by atoms with E-state index in [1.165, 1.54) is 11.3 Å². The number of thiazole rings is 1. The molecule has 0 bridgehead atoms. The third-order valence-electron chi connectivity index (χ3n) is 3.86. The van der Waals surface area contributed by atoms with E-state index in [0.29, 0.717) is 21.8 Å². The van der Waals surface area contributed by atoms with Gasteiger partial charge in [0.1, 0.15) is 4.88 Å². The third-order valence-corrected chi connectivity index (χ3v) is 5.01. The molecule has 1 unspecified atom stereocenters. The van der Waals surface area contributed by atoms with Gasteiger partial charge in [-0.25, -0.2) is 15.0 Å². The maximum Gasteiger partial charge on any atom is 0.265 e. The van der Waals surface area contributed by atoms with Crippen LogP contribution in [0.3, 0.4) is 0 Å². The fourth-order valence-electron chi connectivity index (χ4n) is 2.64. The van der Waals surface area contributed by atoms with Crippen LogP contribution in [-0.2, 0) is 0 Å². The van der Waals surface area contributed by atoms with Crippen LogP contribution >= 0.6 is 23.7 Å². The van der Waals surface area contributed by atoms with Gasteiger partial charge in [-0.1, -0.05) is 0 Å². The normalized spacial score (nSPS) is 17.7. The first kappa shape index (κ1) is 17.8. The van der Waals surface area contributed by atoms with Crippen LogP contribution in [0, 0.1) is 6.92 Å². The number of nitrogens with zero attached hydrogens (tertiary/aromatic N) is 4. The summed E-state index contributed by atoms with van der Waals surface area (Å²) in [6.45, 7) is 3.44. The Morgan fingerprint density at radius 2 is 2.13 bits per heavy atom. The van der Waals surface area contributed by atoms with Crippen LogP contribution in [0.15, 0.2) is 18.5 Å². The summed E-state index contributed by atoms with van der Waals surface area (Å²) >= 11 is 1.38. The molecule has 0 radical (unpaired) electrons. The Balaban J connectivity index is 0.00000192. The number of rotatable bonds is 3. The zero-order chi connectivity index (χ0) is 15.5. The van der Waals surface area contributed by atoms with Crippen LogP contribution in [0.25, 0.3) is 10.8 Å². The van der Waals surface area contributed by atoms with Crippen molar-refractivity contribution in [1.82, 2.24) is 25.2 Å². The average Bonchev–Trinajstić information content (AvgIpc) is 2.97. The van der Waals surface area contributed by atoms with Gasteiger partial charge in [0, 0.05) is 31.5 Å². The molecule has 2 aromatic rings. The average molecular weight is 354 g/mol. The molecule has 3 rings (SSSR count). The number of likely N-dealkylation sites (N-methyl/N-ethyl adjacent to an activating group) is 1. The number of carbonyl (C=O) groups is 1. The summed E-state index contributed by atoms with van der Waals surface area (Å²) in [5.74, 6) is 0.638. The fraction of sp³-hybridized carbons (Fsp3) is 0.467. The van der Waals surface area contributed by atoms with Gasteiger partial charge < -0.3 is 10.2 Å². The number of nitrogens with one attached hydrogen (secondary N) is 1. The number of aromatic nitrogens is 3. The van der Waals surface area contributed by atoms with E-state index in [1.807, 2.05) is 18.9 Å². The van der Waals surface area contributed by atoms with E-state index < -0.39 is 0 Å². The molecule has 0 aliphatic carbocycles. The van der Waals surface area contributed by atoms with Gasteiger partial charge in [0.05, 0.1) is 5.69 Å². The van der Waals surface area contributed by atoms with Crippen molar-refractivity contribution in [3.63, 3.8) is 0 Å². The Hall–Kier alpha value is -1.57. The summed E-state index contributed by atoms with van der Waals surface area (Å²) in [6, 6.07) is 2.14. The Labute approximate surface area is 145 Å². The van der Waals surface area contributed by atoms with Gasteiger partial charge in [-0.05, 0) is 32.9 Å². The molecule has 1 fully saturated rings. The van der Waals surface area contributed by atoms with Gasteiger partial charge in [-0.2, -0.15) is 0 Å². The van der Waals surface area contributed by atoms with E-state index in [0.717, 1.165) is 31.6 Å². The first-order chi connectivity index (χ1) is 10.7. The lowest BCUT2D eigenvalue weighted by Crippen LogP contribution is -2.46. The van der Waals surface area contributed by atoms with Crippen molar-refractivity contribution in [3.8, 4) is 10.8 Å². The molecule has 1 aliphatic heterocycles. The standard InChI is InChI=1S/C15H19N5OS.ClH/c1-10-12(15(21)20-8-3-5-11(9-20)16-2)22-14(19-10)13-17-6-4-7-18-13;/h4,6-7,11,16H,3,5,8-9H2,1-2H3;1H. The molecule has 0 spiro atoms. The molecule has 1 aliphatic rings. The largest absolute Gasteiger partial charge is 0.336 e. The number of hydrogen-bond donors (Lipinski definition) is 1. The zero-order valence-electron chi connectivity index (χ0n) is 13.2. The van der Waals surface area contributed by atoms with Gasteiger partial charge in [-0.15, -0.1) is 23.7 Å². The Bertz CT molecular complexity index is 663. The number of amides is 1. The summed E-state index contributed by atoms with van der Waals surface area (Å²) in [5.41, 5.74) is 0.754. The van der Waals surface area contributed by atoms with Crippen molar-refractivity contribution in [2.24, 2.45) is 0 Å². The monoisotopic (exact) mass is 353 g/mol. The summed E-state index contributed by atoms with van der Waals surface area (Å²) in [6.07, 6.45) is 5.51. The van der Waals surface area contributed by atoms with Gasteiger partial charge in [-0.3, -0.25) is 4.79 Å². The molecule has 1 saturated heterocycles. The second kappa shape index (κ2) is 7.81. The highest BCUT2D eigenvalue weighted by atomic mass is 35.5. The maximum absolute atomic E-state index is 12.8. The van der Waals surface area contributed by atoms with Crippen molar-refractivity contribution in [2.75, 3.05) is 20.1 Å². The van der Waals surface area contributed by atoms with E-state index in [4.69, 9.17) is 0 Å². The van der Waals surface area contributed by atoms with Crippen LogP contribution in [0.5, 0.6) is 0 Å². The van der Waals surface area contributed by atoms with Gasteiger partial charge in [0.15, 0.2) is 10.8 Å². The molecule has 1 atom stereocenters. The molecule has 124 valence electrons. The third kappa shape index (κ3) is 3.85. The molecule has 23 heavy (non-hydrogen) atoms. The molecule has 2 aromatic heterocycles. The second-order valence-corrected chi connectivity index (χ2v) is 6.38. The minimum atomic E-state index is 0. The van der Waals surface area contributed by atoms with Crippen molar-refractivity contribution in [2.45, 2.75) is 25.8 Å². The molecular formula is C15H20ClN5OS. The summed E-state index contributed by atoms with van der Waals surface area (Å²) in [4.78, 5) is 28.2. The smallest absolute Gasteiger partial charge is 0.265 e. The number of halogens is 1. The number of piperidine rings is 1. The first-order valence-corrected chi connectivity index (χ1v) is 8.22. The lowest BCUT2D eigenvalue weighted by molar-refractivity contribution is 0.0702. The molecule has 6 nitrogen and oxygen atoms in total. The van der Waals surface area contributed by atoms with E-state index in [9.17, 15) is 4.79 Å². The summed E-state index contributed by atoms with van der Waals surface area (Å²) < 4.78 is 0. The lowest BCUT2D eigenvalue weighted by Gasteiger charge is -2.32. The van der Waals surface area contributed by atoms with Crippen molar-refractivity contribution < 1.29 is 4.79 Å².